The second-order valence-corrected chi connectivity index (χ2v) is 9.08. The van der Waals surface area contributed by atoms with E-state index in [0.29, 0.717) is 13.1 Å². The molecule has 2 saturated heterocycles. The lowest BCUT2D eigenvalue weighted by atomic mass is 9.79. The van der Waals surface area contributed by atoms with Gasteiger partial charge in [0.1, 0.15) is 0 Å². The summed E-state index contributed by atoms with van der Waals surface area (Å²) in [5.41, 5.74) is 1.39. The number of rotatable bonds is 4. The molecule has 0 bridgehead atoms. The lowest BCUT2D eigenvalue weighted by Gasteiger charge is -2.40. The molecule has 0 saturated carbocycles. The predicted octanol–water partition coefficient (Wildman–Crippen LogP) is 1.06. The molecule has 0 aromatic carbocycles. The first-order valence-electron chi connectivity index (χ1n) is 8.10. The number of likely N-dealkylation sites (tertiary alicyclic amines) is 1. The van der Waals surface area contributed by atoms with Crippen molar-refractivity contribution >= 4 is 10.0 Å². The van der Waals surface area contributed by atoms with Crippen molar-refractivity contribution in [2.45, 2.75) is 32.7 Å². The summed E-state index contributed by atoms with van der Waals surface area (Å²) in [6, 6.07) is 0. The fourth-order valence-electron chi connectivity index (χ4n) is 3.90. The zero-order valence-corrected chi connectivity index (χ0v) is 14.3. The minimum absolute atomic E-state index is 0.155. The fourth-order valence-corrected chi connectivity index (χ4v) is 5.11. The molecule has 7 heteroatoms. The van der Waals surface area contributed by atoms with Gasteiger partial charge in [-0.2, -0.15) is 5.10 Å². The number of piperidine rings is 1. The van der Waals surface area contributed by atoms with E-state index in [9.17, 15) is 8.42 Å². The van der Waals surface area contributed by atoms with Gasteiger partial charge in [0.2, 0.25) is 10.0 Å². The Morgan fingerprint density at radius 1 is 1.27 bits per heavy atom. The van der Waals surface area contributed by atoms with Crippen LogP contribution in [0.15, 0.2) is 12.4 Å². The number of hydrogen-bond donors (Lipinski definition) is 0. The lowest BCUT2D eigenvalue weighted by molar-refractivity contribution is 0.0935. The van der Waals surface area contributed by atoms with Crippen LogP contribution >= 0.6 is 0 Å². The summed E-state index contributed by atoms with van der Waals surface area (Å²) in [7, 11) is -1.11. The molecule has 3 rings (SSSR count). The van der Waals surface area contributed by atoms with Crippen molar-refractivity contribution in [2.24, 2.45) is 12.5 Å². The van der Waals surface area contributed by atoms with E-state index in [0.717, 1.165) is 38.9 Å². The Balaban J connectivity index is 1.66. The highest BCUT2D eigenvalue weighted by Gasteiger charge is 2.44. The summed E-state index contributed by atoms with van der Waals surface area (Å²) in [4.78, 5) is 2.46. The fraction of sp³-hybridized carbons (Fsp3) is 0.800. The van der Waals surface area contributed by atoms with Gasteiger partial charge in [-0.15, -0.1) is 0 Å². The van der Waals surface area contributed by atoms with Gasteiger partial charge in [0.25, 0.3) is 0 Å². The second kappa shape index (κ2) is 5.94. The maximum absolute atomic E-state index is 12.1. The van der Waals surface area contributed by atoms with Crippen molar-refractivity contribution in [3.05, 3.63) is 18.0 Å². The molecule has 1 unspecified atom stereocenters. The molecule has 1 atom stereocenters. The Kier molecular flexibility index (Phi) is 4.31. The van der Waals surface area contributed by atoms with Crippen molar-refractivity contribution < 1.29 is 8.42 Å². The highest BCUT2D eigenvalue weighted by molar-refractivity contribution is 7.89. The van der Waals surface area contributed by atoms with Gasteiger partial charge < -0.3 is 0 Å². The van der Waals surface area contributed by atoms with E-state index in [-0.39, 0.29) is 11.2 Å². The zero-order chi connectivity index (χ0) is 15.8. The topological polar surface area (TPSA) is 58.4 Å². The van der Waals surface area contributed by atoms with E-state index < -0.39 is 10.0 Å². The number of sulfonamides is 1. The molecule has 0 amide bonds. The third kappa shape index (κ3) is 3.21. The van der Waals surface area contributed by atoms with Crippen LogP contribution in [0.1, 0.15) is 31.7 Å². The first-order chi connectivity index (χ1) is 10.4. The number of nitrogens with zero attached hydrogens (tertiary/aromatic N) is 4. The first kappa shape index (κ1) is 16.0. The number of aromatic nitrogens is 2. The minimum atomic E-state index is -3.04. The average Bonchev–Trinajstić information content (AvgIpc) is 3.07. The summed E-state index contributed by atoms with van der Waals surface area (Å²) in [6.45, 7) is 6.13. The Hall–Kier alpha value is -0.920. The van der Waals surface area contributed by atoms with Crippen LogP contribution in [0.3, 0.4) is 0 Å². The highest BCUT2D eigenvalue weighted by atomic mass is 32.2. The molecule has 0 N–H and O–H groups in total. The summed E-state index contributed by atoms with van der Waals surface area (Å²) in [5, 5.41) is 4.23. The van der Waals surface area contributed by atoms with Crippen molar-refractivity contribution in [3.8, 4) is 0 Å². The van der Waals surface area contributed by atoms with Gasteiger partial charge >= 0.3 is 0 Å². The van der Waals surface area contributed by atoms with Gasteiger partial charge in [0.15, 0.2) is 0 Å². The molecule has 22 heavy (non-hydrogen) atoms. The van der Waals surface area contributed by atoms with Crippen LogP contribution in [0.5, 0.6) is 0 Å². The molecule has 2 fully saturated rings. The normalized spacial score (nSPS) is 27.7. The Bertz CT molecular complexity index is 627. The Labute approximate surface area is 133 Å². The molecule has 3 heterocycles. The summed E-state index contributed by atoms with van der Waals surface area (Å²) in [5.74, 6) is 0.211. The van der Waals surface area contributed by atoms with Gasteiger partial charge in [-0.1, -0.05) is 0 Å². The number of aryl methyl sites for hydroxylation is 1. The van der Waals surface area contributed by atoms with Crippen molar-refractivity contribution in [1.82, 2.24) is 19.0 Å². The smallest absolute Gasteiger partial charge is 0.213 e. The molecule has 0 aliphatic carbocycles. The zero-order valence-electron chi connectivity index (χ0n) is 13.5. The molecule has 1 spiro atoms. The van der Waals surface area contributed by atoms with Crippen LogP contribution in [-0.2, 0) is 23.6 Å². The molecule has 6 nitrogen and oxygen atoms in total. The monoisotopic (exact) mass is 326 g/mol. The third-order valence-corrected chi connectivity index (χ3v) is 6.89. The first-order valence-corrected chi connectivity index (χ1v) is 9.71. The molecular formula is C15H26N4O2S. The largest absolute Gasteiger partial charge is 0.298 e. The summed E-state index contributed by atoms with van der Waals surface area (Å²) in [6.07, 6.45) is 7.27. The van der Waals surface area contributed by atoms with Crippen LogP contribution < -0.4 is 0 Å². The van der Waals surface area contributed by atoms with Crippen LogP contribution in [-0.4, -0.2) is 59.3 Å². The van der Waals surface area contributed by atoms with Crippen molar-refractivity contribution in [2.75, 3.05) is 31.9 Å². The second-order valence-electron chi connectivity index (χ2n) is 6.82. The van der Waals surface area contributed by atoms with E-state index >= 15 is 0 Å². The van der Waals surface area contributed by atoms with Crippen LogP contribution in [0.25, 0.3) is 0 Å². The van der Waals surface area contributed by atoms with Crippen LogP contribution in [0.4, 0.5) is 0 Å². The Morgan fingerprint density at radius 3 is 2.77 bits per heavy atom. The molecule has 2 aliphatic heterocycles. The average molecular weight is 326 g/mol. The molecule has 2 aliphatic rings. The molecule has 0 radical (unpaired) electrons. The van der Waals surface area contributed by atoms with E-state index in [1.165, 1.54) is 5.56 Å². The minimum Gasteiger partial charge on any atom is -0.298 e. The highest BCUT2D eigenvalue weighted by Crippen LogP contribution is 2.40. The summed E-state index contributed by atoms with van der Waals surface area (Å²) >= 11 is 0. The van der Waals surface area contributed by atoms with Gasteiger partial charge in [0, 0.05) is 45.0 Å². The maximum atomic E-state index is 12.1. The van der Waals surface area contributed by atoms with Crippen LogP contribution in [0.2, 0.25) is 0 Å². The summed E-state index contributed by atoms with van der Waals surface area (Å²) < 4.78 is 27.8. The van der Waals surface area contributed by atoms with E-state index in [1.54, 1.807) is 11.2 Å². The quantitative estimate of drug-likeness (QED) is 0.830. The third-order valence-electron chi connectivity index (χ3n) is 5.07. The lowest BCUT2D eigenvalue weighted by Crippen LogP contribution is -2.45. The van der Waals surface area contributed by atoms with Gasteiger partial charge in [0.05, 0.1) is 11.9 Å². The van der Waals surface area contributed by atoms with Gasteiger partial charge in [-0.3, -0.25) is 9.58 Å². The maximum Gasteiger partial charge on any atom is 0.213 e. The van der Waals surface area contributed by atoms with E-state index in [2.05, 4.69) is 16.2 Å². The van der Waals surface area contributed by atoms with E-state index in [4.69, 9.17) is 0 Å². The van der Waals surface area contributed by atoms with Gasteiger partial charge in [-0.05, 0) is 38.1 Å². The Morgan fingerprint density at radius 2 is 2.09 bits per heavy atom. The SMILES string of the molecule is CCS(=O)(=O)N1CCC2(CCCN(Cc3cnn(C)c3)C2)C1. The van der Waals surface area contributed by atoms with Crippen molar-refractivity contribution in [3.63, 3.8) is 0 Å². The van der Waals surface area contributed by atoms with Gasteiger partial charge in [-0.25, -0.2) is 12.7 Å². The molecule has 1 aromatic rings. The standard InChI is InChI=1S/C15H26N4O2S/c1-3-22(20,21)19-8-6-15(13-19)5-4-7-18(12-15)11-14-9-16-17(2)10-14/h9-10H,3-8,11-13H2,1-2H3. The molecule has 1 aromatic heterocycles. The van der Waals surface area contributed by atoms with Crippen molar-refractivity contribution in [1.29, 1.82) is 0 Å². The predicted molar refractivity (Wildman–Crippen MR) is 85.8 cm³/mol. The van der Waals surface area contributed by atoms with E-state index in [1.807, 2.05) is 17.9 Å². The molecular weight excluding hydrogens is 300 g/mol. The number of hydrogen-bond acceptors (Lipinski definition) is 4. The molecule has 124 valence electrons. The van der Waals surface area contributed by atoms with Crippen LogP contribution in [0, 0.1) is 5.41 Å².